The molecule has 4 N–H and O–H groups in total. The zero-order valence-corrected chi connectivity index (χ0v) is 25.0. The van der Waals surface area contributed by atoms with Crippen molar-refractivity contribution in [2.75, 3.05) is 24.3 Å². The smallest absolute Gasteiger partial charge is 0.264 e. The first kappa shape index (κ1) is 29.0. The molecule has 5 aromatic rings. The molecule has 0 saturated carbocycles. The third-order valence-electron chi connectivity index (χ3n) is 5.75. The predicted molar refractivity (Wildman–Crippen MR) is 160 cm³/mol. The van der Waals surface area contributed by atoms with Gasteiger partial charge in [0.05, 0.1) is 20.6 Å². The molecule has 0 spiro atoms. The van der Waals surface area contributed by atoms with Gasteiger partial charge in [-0.15, -0.1) is 16.4 Å². The molecule has 0 saturated heterocycles. The van der Waals surface area contributed by atoms with E-state index >= 15 is 0 Å². The number of benzene rings is 2. The maximum atomic E-state index is 13.2. The van der Waals surface area contributed by atoms with Crippen molar-refractivity contribution < 1.29 is 13.2 Å². The number of hydrogen-bond acceptors (Lipinski definition) is 9. The second-order valence-electron chi connectivity index (χ2n) is 8.90. The number of carbonyl (C=O) groups excluding carboxylic acids is 1. The van der Waals surface area contributed by atoms with E-state index in [4.69, 9.17) is 39.9 Å². The summed E-state index contributed by atoms with van der Waals surface area (Å²) in [5, 5.41) is 15.1. The van der Waals surface area contributed by atoms with E-state index in [1.165, 1.54) is 16.0 Å². The standard InChI is InChI=1S/C24H19Cl3N8O4S2/c1-34(2)21-18-20(35(33-21)19-15(26)8-14(9-16(19)27)41(28,38)39)30-17(31-23(18)37)7-13-10-40-24(29-13)32-22(36)11-3-5-12(25)6-4-11/h3-6,8-10H,7H2,1-2H3,(H2,28,38,39)(H,29,32,36)(H,30,31,37). The first-order valence-corrected chi connectivity index (χ1v) is 15.1. The van der Waals surface area contributed by atoms with Crippen molar-refractivity contribution in [2.45, 2.75) is 11.3 Å². The summed E-state index contributed by atoms with van der Waals surface area (Å²) in [6.07, 6.45) is 0.118. The number of fused-ring (bicyclic) bond motifs is 1. The van der Waals surface area contributed by atoms with Crippen molar-refractivity contribution in [2.24, 2.45) is 5.14 Å². The number of amides is 1. The SMILES string of the molecule is CN(C)c1nn(-c2c(Cl)cc(S(N)(=O)=O)cc2Cl)c2nc(Cc3csc(NC(=O)c4ccc(Cl)cc4)n3)[nH]c(=O)c12. The number of anilines is 2. The Bertz CT molecular complexity index is 1960. The van der Waals surface area contributed by atoms with Crippen LogP contribution in [0, 0.1) is 0 Å². The lowest BCUT2D eigenvalue weighted by Gasteiger charge is -2.10. The fraction of sp³-hybridized carbons (Fsp3) is 0.125. The van der Waals surface area contributed by atoms with Gasteiger partial charge in [-0.1, -0.05) is 34.8 Å². The highest BCUT2D eigenvalue weighted by Crippen LogP contribution is 2.34. The Morgan fingerprint density at radius 1 is 1.12 bits per heavy atom. The Morgan fingerprint density at radius 3 is 2.39 bits per heavy atom. The molecule has 41 heavy (non-hydrogen) atoms. The quantitative estimate of drug-likeness (QED) is 0.236. The zero-order valence-electron chi connectivity index (χ0n) is 21.1. The van der Waals surface area contributed by atoms with Crippen LogP contribution in [0.2, 0.25) is 15.1 Å². The van der Waals surface area contributed by atoms with Crippen LogP contribution in [0.15, 0.2) is 51.5 Å². The third-order valence-corrected chi connectivity index (χ3v) is 8.28. The Hall–Kier alpha value is -3.53. The first-order valence-electron chi connectivity index (χ1n) is 11.5. The van der Waals surface area contributed by atoms with E-state index in [1.54, 1.807) is 48.6 Å². The molecule has 5 rings (SSSR count). The van der Waals surface area contributed by atoms with Gasteiger partial charge in [-0.2, -0.15) is 0 Å². The number of H-pyrrole nitrogens is 1. The Morgan fingerprint density at radius 2 is 1.78 bits per heavy atom. The summed E-state index contributed by atoms with van der Waals surface area (Å²) in [7, 11) is -0.691. The highest BCUT2D eigenvalue weighted by Gasteiger charge is 2.24. The second kappa shape index (κ2) is 11.0. The Kier molecular flexibility index (Phi) is 7.80. The van der Waals surface area contributed by atoms with E-state index in [0.29, 0.717) is 21.4 Å². The van der Waals surface area contributed by atoms with Gasteiger partial charge in [0.25, 0.3) is 11.5 Å². The van der Waals surface area contributed by atoms with Gasteiger partial charge in [0.2, 0.25) is 10.0 Å². The zero-order chi connectivity index (χ0) is 29.6. The van der Waals surface area contributed by atoms with Crippen molar-refractivity contribution in [3.63, 3.8) is 0 Å². The normalized spacial score (nSPS) is 11.7. The van der Waals surface area contributed by atoms with Gasteiger partial charge in [-0.3, -0.25) is 14.9 Å². The van der Waals surface area contributed by atoms with Gasteiger partial charge in [0, 0.05) is 36.5 Å². The predicted octanol–water partition coefficient (Wildman–Crippen LogP) is 4.08. The average Bonchev–Trinajstić information content (AvgIpc) is 3.48. The number of carbonyl (C=O) groups is 1. The summed E-state index contributed by atoms with van der Waals surface area (Å²) in [4.78, 5) is 38.9. The van der Waals surface area contributed by atoms with Gasteiger partial charge < -0.3 is 9.88 Å². The number of aromatic amines is 1. The first-order chi connectivity index (χ1) is 19.3. The van der Waals surface area contributed by atoms with E-state index in [9.17, 15) is 18.0 Å². The van der Waals surface area contributed by atoms with E-state index in [0.717, 1.165) is 12.1 Å². The molecule has 1 amide bonds. The second-order valence-corrected chi connectivity index (χ2v) is 12.6. The van der Waals surface area contributed by atoms with Crippen molar-refractivity contribution in [1.82, 2.24) is 24.7 Å². The molecule has 2 aromatic carbocycles. The van der Waals surface area contributed by atoms with Crippen LogP contribution in [0.3, 0.4) is 0 Å². The van der Waals surface area contributed by atoms with Crippen LogP contribution in [0.1, 0.15) is 21.9 Å². The largest absolute Gasteiger partial charge is 0.361 e. The number of nitrogens with zero attached hydrogens (tertiary/aromatic N) is 5. The highest BCUT2D eigenvalue weighted by molar-refractivity contribution is 7.89. The van der Waals surface area contributed by atoms with Crippen LogP contribution in [0.25, 0.3) is 16.7 Å². The van der Waals surface area contributed by atoms with E-state index in [1.807, 2.05) is 0 Å². The number of thiazole rings is 1. The topological polar surface area (TPSA) is 169 Å². The number of primary sulfonamides is 1. The van der Waals surface area contributed by atoms with Crippen LogP contribution < -0.4 is 20.9 Å². The molecule has 212 valence electrons. The van der Waals surface area contributed by atoms with Crippen LogP contribution in [-0.2, 0) is 16.4 Å². The molecular weight excluding hydrogens is 635 g/mol. The van der Waals surface area contributed by atoms with Crippen molar-refractivity contribution in [3.8, 4) is 5.69 Å². The van der Waals surface area contributed by atoms with Crippen LogP contribution in [0.5, 0.6) is 0 Å². The van der Waals surface area contributed by atoms with Crippen molar-refractivity contribution in [3.05, 3.63) is 84.3 Å². The lowest BCUT2D eigenvalue weighted by atomic mass is 10.2. The maximum Gasteiger partial charge on any atom is 0.264 e. The molecule has 0 aliphatic rings. The molecule has 0 unspecified atom stereocenters. The molecule has 12 nitrogen and oxygen atoms in total. The summed E-state index contributed by atoms with van der Waals surface area (Å²) in [5.74, 6) is 0.185. The Labute approximate surface area is 251 Å². The molecular formula is C24H19Cl3N8O4S2. The highest BCUT2D eigenvalue weighted by atomic mass is 35.5. The number of hydrogen-bond donors (Lipinski definition) is 3. The molecule has 0 radical (unpaired) electrons. The van der Waals surface area contributed by atoms with Gasteiger partial charge in [0.15, 0.2) is 16.6 Å². The van der Waals surface area contributed by atoms with E-state index < -0.39 is 15.6 Å². The van der Waals surface area contributed by atoms with Gasteiger partial charge in [-0.05, 0) is 36.4 Å². The van der Waals surface area contributed by atoms with Gasteiger partial charge >= 0.3 is 0 Å². The minimum Gasteiger partial charge on any atom is -0.361 e. The monoisotopic (exact) mass is 652 g/mol. The Balaban J connectivity index is 1.52. The molecule has 3 heterocycles. The van der Waals surface area contributed by atoms with Crippen LogP contribution >= 0.6 is 46.1 Å². The fourth-order valence-corrected chi connectivity index (χ4v) is 6.07. The minimum absolute atomic E-state index is 0.0690. The average molecular weight is 654 g/mol. The maximum absolute atomic E-state index is 13.2. The van der Waals surface area contributed by atoms with E-state index in [2.05, 4.69) is 25.4 Å². The molecule has 3 aromatic heterocycles. The number of halogens is 3. The lowest BCUT2D eigenvalue weighted by molar-refractivity contribution is 0.102. The summed E-state index contributed by atoms with van der Waals surface area (Å²) in [5.41, 5.74) is 0.730. The lowest BCUT2D eigenvalue weighted by Crippen LogP contribution is -2.16. The number of nitrogens with one attached hydrogen (secondary N) is 2. The summed E-state index contributed by atoms with van der Waals surface area (Å²) in [6, 6.07) is 8.71. The van der Waals surface area contributed by atoms with Crippen molar-refractivity contribution in [1.29, 1.82) is 0 Å². The van der Waals surface area contributed by atoms with Crippen LogP contribution in [-0.4, -0.2) is 53.2 Å². The van der Waals surface area contributed by atoms with Crippen molar-refractivity contribution >= 4 is 84.1 Å². The molecule has 17 heteroatoms. The summed E-state index contributed by atoms with van der Waals surface area (Å²) in [6.45, 7) is 0. The fourth-order valence-electron chi connectivity index (χ4n) is 3.90. The summed E-state index contributed by atoms with van der Waals surface area (Å²) >= 11 is 19.9. The molecule has 0 bridgehead atoms. The minimum atomic E-state index is -4.08. The third kappa shape index (κ3) is 5.93. The van der Waals surface area contributed by atoms with Crippen LogP contribution in [0.4, 0.5) is 10.9 Å². The van der Waals surface area contributed by atoms with Gasteiger partial charge in [-0.25, -0.2) is 28.2 Å². The number of aromatic nitrogens is 5. The number of rotatable bonds is 7. The number of sulfonamides is 1. The van der Waals surface area contributed by atoms with Gasteiger partial charge in [0.1, 0.15) is 16.9 Å². The number of nitrogens with two attached hydrogens (primary N) is 1. The molecule has 0 aliphatic heterocycles. The van der Waals surface area contributed by atoms with E-state index in [-0.39, 0.29) is 55.6 Å². The molecule has 0 atom stereocenters. The molecule has 0 aliphatic carbocycles. The summed E-state index contributed by atoms with van der Waals surface area (Å²) < 4.78 is 25.0. The molecule has 0 fully saturated rings.